The van der Waals surface area contributed by atoms with Crippen LogP contribution in [0, 0.1) is 0 Å². The first kappa shape index (κ1) is 8.91. The van der Waals surface area contributed by atoms with E-state index in [9.17, 15) is 4.79 Å². The van der Waals surface area contributed by atoms with Gasteiger partial charge >= 0.3 is 0 Å². The van der Waals surface area contributed by atoms with E-state index in [1.54, 1.807) is 6.20 Å². The Bertz CT molecular complexity index is 356. The highest BCUT2D eigenvalue weighted by molar-refractivity contribution is 5.83. The van der Waals surface area contributed by atoms with Crippen LogP contribution in [-0.4, -0.2) is 46.3 Å². The van der Waals surface area contributed by atoms with Gasteiger partial charge in [0.2, 0.25) is 5.91 Å². The monoisotopic (exact) mass is 206 g/mol. The fraction of sp³-hybridized carbons (Fsp3) is 0.600. The van der Waals surface area contributed by atoms with Crippen LogP contribution in [0.1, 0.15) is 12.5 Å². The minimum Gasteiger partial charge on any atom is -0.355 e. The molecule has 80 valence electrons. The predicted octanol–water partition coefficient (Wildman–Crippen LogP) is -0.372. The van der Waals surface area contributed by atoms with Crippen molar-refractivity contribution in [3.63, 3.8) is 0 Å². The molecule has 15 heavy (non-hydrogen) atoms. The molecule has 5 nitrogen and oxygen atoms in total. The second-order valence-corrected chi connectivity index (χ2v) is 4.19. The lowest BCUT2D eigenvalue weighted by Gasteiger charge is -2.41. The zero-order chi connectivity index (χ0) is 10.3. The average Bonchev–Trinajstić information content (AvgIpc) is 2.76. The fourth-order valence-corrected chi connectivity index (χ4v) is 2.34. The van der Waals surface area contributed by atoms with Gasteiger partial charge in [0.15, 0.2) is 0 Å². The third kappa shape index (κ3) is 1.43. The lowest BCUT2D eigenvalue weighted by atomic mass is 10.0. The van der Waals surface area contributed by atoms with Crippen LogP contribution in [-0.2, 0) is 4.79 Å². The molecule has 2 saturated heterocycles. The maximum atomic E-state index is 11.4. The highest BCUT2D eigenvalue weighted by Gasteiger charge is 2.38. The van der Waals surface area contributed by atoms with Crippen molar-refractivity contribution >= 4 is 5.91 Å². The van der Waals surface area contributed by atoms with Gasteiger partial charge in [-0.2, -0.15) is 5.10 Å². The Balaban J connectivity index is 1.60. The van der Waals surface area contributed by atoms with Crippen LogP contribution in [0.4, 0.5) is 0 Å². The fourth-order valence-electron chi connectivity index (χ4n) is 2.34. The van der Waals surface area contributed by atoms with Crippen molar-refractivity contribution in [3.8, 4) is 0 Å². The van der Waals surface area contributed by atoms with Crippen molar-refractivity contribution in [2.24, 2.45) is 0 Å². The molecule has 1 unspecified atom stereocenters. The molecular formula is C10H14N4O. The number of likely N-dealkylation sites (tertiary alicyclic amines) is 1. The molecule has 0 aromatic carbocycles. The Kier molecular flexibility index (Phi) is 1.98. The van der Waals surface area contributed by atoms with Gasteiger partial charge < -0.3 is 5.32 Å². The zero-order valence-corrected chi connectivity index (χ0v) is 8.47. The van der Waals surface area contributed by atoms with Gasteiger partial charge in [-0.05, 0) is 12.5 Å². The lowest BCUT2D eigenvalue weighted by Crippen LogP contribution is -2.54. The van der Waals surface area contributed by atoms with Gasteiger partial charge in [0, 0.05) is 32.0 Å². The Morgan fingerprint density at radius 3 is 2.93 bits per heavy atom. The van der Waals surface area contributed by atoms with E-state index in [-0.39, 0.29) is 11.9 Å². The van der Waals surface area contributed by atoms with Crippen LogP contribution in [0.3, 0.4) is 0 Å². The highest BCUT2D eigenvalue weighted by Crippen LogP contribution is 2.25. The molecule has 0 radical (unpaired) electrons. The van der Waals surface area contributed by atoms with Gasteiger partial charge in [-0.3, -0.25) is 14.4 Å². The molecule has 1 N–H and O–H groups in total. The van der Waals surface area contributed by atoms with E-state index in [2.05, 4.69) is 15.3 Å². The predicted molar refractivity (Wildman–Crippen MR) is 54.3 cm³/mol. The summed E-state index contributed by atoms with van der Waals surface area (Å²) in [6.07, 6.45) is 4.73. The first-order valence-corrected chi connectivity index (χ1v) is 5.35. The van der Waals surface area contributed by atoms with Crippen molar-refractivity contribution in [2.45, 2.75) is 18.5 Å². The SMILES string of the molecule is O=C1NCCC1N1CC(n2cccn2)C1. The lowest BCUT2D eigenvalue weighted by molar-refractivity contribution is -0.125. The Hall–Kier alpha value is -1.36. The number of rotatable bonds is 2. The molecule has 3 rings (SSSR count). The van der Waals surface area contributed by atoms with E-state index in [4.69, 9.17) is 0 Å². The summed E-state index contributed by atoms with van der Waals surface area (Å²) < 4.78 is 1.98. The molecule has 0 aliphatic carbocycles. The number of nitrogens with one attached hydrogen (secondary N) is 1. The minimum absolute atomic E-state index is 0.108. The Morgan fingerprint density at radius 2 is 2.33 bits per heavy atom. The molecule has 1 atom stereocenters. The van der Waals surface area contributed by atoms with Crippen molar-refractivity contribution in [1.82, 2.24) is 20.0 Å². The molecule has 0 spiro atoms. The molecule has 2 aliphatic heterocycles. The number of aromatic nitrogens is 2. The highest BCUT2D eigenvalue weighted by atomic mass is 16.2. The number of carbonyl (C=O) groups excluding carboxylic acids is 1. The summed E-state index contributed by atoms with van der Waals surface area (Å²) in [5.41, 5.74) is 0. The second-order valence-electron chi connectivity index (χ2n) is 4.19. The summed E-state index contributed by atoms with van der Waals surface area (Å²) in [4.78, 5) is 13.7. The van der Waals surface area contributed by atoms with E-state index in [0.29, 0.717) is 6.04 Å². The van der Waals surface area contributed by atoms with Crippen LogP contribution >= 0.6 is 0 Å². The third-order valence-corrected chi connectivity index (χ3v) is 3.25. The van der Waals surface area contributed by atoms with Crippen LogP contribution < -0.4 is 5.32 Å². The largest absolute Gasteiger partial charge is 0.355 e. The molecule has 1 amide bonds. The smallest absolute Gasteiger partial charge is 0.237 e. The molecule has 1 aromatic rings. The van der Waals surface area contributed by atoms with Gasteiger partial charge in [0.05, 0.1) is 12.1 Å². The molecular weight excluding hydrogens is 192 g/mol. The summed E-state index contributed by atoms with van der Waals surface area (Å²) in [6, 6.07) is 2.50. The van der Waals surface area contributed by atoms with Gasteiger partial charge in [-0.15, -0.1) is 0 Å². The number of carbonyl (C=O) groups is 1. The van der Waals surface area contributed by atoms with Gasteiger partial charge in [0.25, 0.3) is 0 Å². The topological polar surface area (TPSA) is 50.2 Å². The van der Waals surface area contributed by atoms with E-state index in [1.165, 1.54) is 0 Å². The van der Waals surface area contributed by atoms with Crippen molar-refractivity contribution in [3.05, 3.63) is 18.5 Å². The maximum absolute atomic E-state index is 11.4. The molecule has 3 heterocycles. The standard InChI is InChI=1S/C10H14N4O/c15-10-9(2-4-11-10)13-6-8(7-13)14-5-1-3-12-14/h1,3,5,8-9H,2,4,6-7H2,(H,11,15). The number of amides is 1. The van der Waals surface area contributed by atoms with E-state index in [1.807, 2.05) is 16.9 Å². The van der Waals surface area contributed by atoms with Crippen molar-refractivity contribution in [1.29, 1.82) is 0 Å². The summed E-state index contributed by atoms with van der Waals surface area (Å²) in [5, 5.41) is 7.07. The summed E-state index contributed by atoms with van der Waals surface area (Å²) >= 11 is 0. The van der Waals surface area contributed by atoms with Crippen LogP contribution in [0.25, 0.3) is 0 Å². The summed E-state index contributed by atoms with van der Waals surface area (Å²) in [5.74, 6) is 0.189. The zero-order valence-electron chi connectivity index (χ0n) is 8.47. The molecule has 0 saturated carbocycles. The van der Waals surface area contributed by atoms with E-state index < -0.39 is 0 Å². The minimum atomic E-state index is 0.108. The van der Waals surface area contributed by atoms with Gasteiger partial charge in [-0.25, -0.2) is 0 Å². The number of hydrogen-bond acceptors (Lipinski definition) is 3. The van der Waals surface area contributed by atoms with Crippen LogP contribution in [0.2, 0.25) is 0 Å². The first-order valence-electron chi connectivity index (χ1n) is 5.35. The Labute approximate surface area is 88.1 Å². The molecule has 1 aromatic heterocycles. The van der Waals surface area contributed by atoms with Crippen molar-refractivity contribution in [2.75, 3.05) is 19.6 Å². The normalized spacial score (nSPS) is 27.7. The molecule has 2 fully saturated rings. The molecule has 2 aliphatic rings. The molecule has 5 heteroatoms. The molecule has 0 bridgehead atoms. The van der Waals surface area contributed by atoms with Gasteiger partial charge in [-0.1, -0.05) is 0 Å². The van der Waals surface area contributed by atoms with Crippen LogP contribution in [0.15, 0.2) is 18.5 Å². The van der Waals surface area contributed by atoms with E-state index >= 15 is 0 Å². The average molecular weight is 206 g/mol. The Morgan fingerprint density at radius 1 is 1.47 bits per heavy atom. The van der Waals surface area contributed by atoms with E-state index in [0.717, 1.165) is 26.1 Å². The number of nitrogens with zero attached hydrogens (tertiary/aromatic N) is 3. The maximum Gasteiger partial charge on any atom is 0.237 e. The number of hydrogen-bond donors (Lipinski definition) is 1. The summed E-state index contributed by atoms with van der Waals surface area (Å²) in [6.45, 7) is 2.71. The van der Waals surface area contributed by atoms with Crippen LogP contribution in [0.5, 0.6) is 0 Å². The second kappa shape index (κ2) is 3.34. The third-order valence-electron chi connectivity index (χ3n) is 3.25. The van der Waals surface area contributed by atoms with Crippen molar-refractivity contribution < 1.29 is 4.79 Å². The first-order chi connectivity index (χ1) is 7.34. The quantitative estimate of drug-likeness (QED) is 0.718. The summed E-state index contributed by atoms with van der Waals surface area (Å²) in [7, 11) is 0. The van der Waals surface area contributed by atoms with Gasteiger partial charge in [0.1, 0.15) is 0 Å².